The second kappa shape index (κ2) is 13.9. The molecule has 11 heteroatoms. The Morgan fingerprint density at radius 2 is 1.87 bits per heavy atom. The van der Waals surface area contributed by atoms with Crippen LogP contribution in [0, 0.1) is 18.8 Å². The molecule has 6 heterocycles. The molecule has 0 bridgehead atoms. The molecular formula is C43H34N6O5. The van der Waals surface area contributed by atoms with Crippen LogP contribution in [0.4, 0.5) is 0 Å². The van der Waals surface area contributed by atoms with E-state index in [-0.39, 0.29) is 41.9 Å². The van der Waals surface area contributed by atoms with Gasteiger partial charge in [0, 0.05) is 75.5 Å². The lowest BCUT2D eigenvalue weighted by Gasteiger charge is -2.19. The van der Waals surface area contributed by atoms with E-state index in [2.05, 4.69) is 27.5 Å². The highest BCUT2D eigenvalue weighted by Crippen LogP contribution is 2.35. The number of aryl methyl sites for hydroxylation is 3. The van der Waals surface area contributed by atoms with Gasteiger partial charge in [-0.3, -0.25) is 39.4 Å². The second-order valence-corrected chi connectivity index (χ2v) is 13.4. The number of rotatable bonds is 6. The van der Waals surface area contributed by atoms with Crippen molar-refractivity contribution < 1.29 is 18.8 Å². The van der Waals surface area contributed by atoms with E-state index in [1.807, 2.05) is 74.6 Å². The topological polar surface area (TPSA) is 149 Å². The van der Waals surface area contributed by atoms with Crippen LogP contribution >= 0.6 is 0 Å². The molecule has 5 aromatic heterocycles. The number of carbonyl (C=O) groups is 3. The van der Waals surface area contributed by atoms with E-state index in [1.165, 1.54) is 0 Å². The van der Waals surface area contributed by atoms with Crippen LogP contribution < -0.4 is 16.2 Å². The van der Waals surface area contributed by atoms with Crippen molar-refractivity contribution in [1.29, 1.82) is 0 Å². The van der Waals surface area contributed by atoms with Gasteiger partial charge in [0.15, 0.2) is 0 Å². The highest BCUT2D eigenvalue weighted by atomic mass is 16.3. The molecule has 0 aliphatic carbocycles. The first-order valence-corrected chi connectivity index (χ1v) is 17.7. The van der Waals surface area contributed by atoms with Gasteiger partial charge < -0.3 is 14.3 Å². The van der Waals surface area contributed by atoms with Crippen molar-refractivity contribution in [3.63, 3.8) is 0 Å². The Hall–Kier alpha value is -6.93. The number of nitrogens with zero attached hydrogens (tertiary/aromatic N) is 4. The predicted octanol–water partition coefficient (Wildman–Crippen LogP) is 6.13. The maximum atomic E-state index is 12.9. The van der Waals surface area contributed by atoms with Crippen molar-refractivity contribution in [2.24, 2.45) is 7.05 Å². The molecule has 1 atom stereocenters. The van der Waals surface area contributed by atoms with Crippen molar-refractivity contribution >= 4 is 50.4 Å². The Bertz CT molecular complexity index is 2810. The third-order valence-corrected chi connectivity index (χ3v) is 9.92. The number of pyridine rings is 4. The zero-order valence-corrected chi connectivity index (χ0v) is 29.8. The molecule has 2 aromatic carbocycles. The van der Waals surface area contributed by atoms with Crippen LogP contribution in [0.25, 0.3) is 55.2 Å². The number of hydrogen-bond donors (Lipinski definition) is 2. The van der Waals surface area contributed by atoms with Crippen molar-refractivity contribution in [2.45, 2.75) is 39.0 Å². The van der Waals surface area contributed by atoms with Crippen LogP contribution in [-0.2, 0) is 23.1 Å². The molecule has 2 N–H and O–H groups in total. The van der Waals surface area contributed by atoms with E-state index in [9.17, 15) is 19.2 Å². The largest absolute Gasteiger partial charge is 0.464 e. The number of benzene rings is 2. The van der Waals surface area contributed by atoms with Crippen LogP contribution in [-0.4, -0.2) is 43.8 Å². The Morgan fingerprint density at radius 1 is 1.00 bits per heavy atom. The van der Waals surface area contributed by atoms with Gasteiger partial charge in [-0.25, -0.2) is 0 Å². The Labute approximate surface area is 309 Å². The van der Waals surface area contributed by atoms with Crippen molar-refractivity contribution in [1.82, 2.24) is 30.2 Å². The number of piperidine rings is 1. The molecule has 1 aliphatic heterocycles. The summed E-state index contributed by atoms with van der Waals surface area (Å²) in [4.78, 5) is 63.9. The SMILES string of the molecule is CCc1cc2c(cc(C)c(=O)n2C)c(-c2cccc3cc(-c4ccc(C(=O)NCC#Cc5ccc6occ(C7CCC(=O)NC7=O)c6c5)nc4)ncc23)n1. The molecule has 266 valence electrons. The molecule has 1 fully saturated rings. The van der Waals surface area contributed by atoms with Crippen molar-refractivity contribution in [2.75, 3.05) is 6.54 Å². The first-order valence-electron chi connectivity index (χ1n) is 17.7. The van der Waals surface area contributed by atoms with Crippen LogP contribution in [0.3, 0.4) is 0 Å². The number of imide groups is 1. The number of aromatic nitrogens is 4. The van der Waals surface area contributed by atoms with E-state index < -0.39 is 5.92 Å². The standard InChI is InChI=1S/C43H34N6O5/c1-4-28-20-37-32(17-24(2)43(53)49(37)3)40(47-28)29-9-5-8-26-19-36(46-22-33(26)29)27-11-13-35(45-21-27)42(52)44-16-6-7-25-10-14-38-31(18-25)34(23-54-38)30-12-15-39(50)48-41(30)51/h5,8-11,13-14,17-23,30H,4,12,15-16H2,1-3H3,(H,44,52)(H,48,50,51). The Morgan fingerprint density at radius 3 is 2.67 bits per heavy atom. The van der Waals surface area contributed by atoms with Gasteiger partial charge in [-0.2, -0.15) is 0 Å². The summed E-state index contributed by atoms with van der Waals surface area (Å²) in [6.07, 6.45) is 6.45. The molecule has 1 saturated heterocycles. The minimum Gasteiger partial charge on any atom is -0.464 e. The first kappa shape index (κ1) is 34.2. The average molecular weight is 715 g/mol. The molecule has 1 unspecified atom stereocenters. The molecule has 3 amide bonds. The van der Waals surface area contributed by atoms with E-state index in [0.717, 1.165) is 61.6 Å². The fourth-order valence-electron chi connectivity index (χ4n) is 7.02. The monoisotopic (exact) mass is 714 g/mol. The number of nitrogens with one attached hydrogen (secondary N) is 2. The van der Waals surface area contributed by atoms with Gasteiger partial charge in [0.2, 0.25) is 11.8 Å². The first-order chi connectivity index (χ1) is 26.2. The summed E-state index contributed by atoms with van der Waals surface area (Å²) in [5.41, 5.74) is 7.86. The number of hydrogen-bond acceptors (Lipinski definition) is 8. The molecular weight excluding hydrogens is 681 g/mol. The zero-order chi connectivity index (χ0) is 37.5. The quantitative estimate of drug-likeness (QED) is 0.154. The third-order valence-electron chi connectivity index (χ3n) is 9.92. The summed E-state index contributed by atoms with van der Waals surface area (Å²) in [6, 6.07) is 20.9. The molecule has 1 aliphatic rings. The van der Waals surface area contributed by atoms with Gasteiger partial charge in [-0.1, -0.05) is 37.0 Å². The number of fused-ring (bicyclic) bond motifs is 3. The fraction of sp³-hybridized carbons (Fsp3) is 0.186. The lowest BCUT2D eigenvalue weighted by Crippen LogP contribution is -2.39. The van der Waals surface area contributed by atoms with Crippen molar-refractivity contribution in [3.8, 4) is 34.4 Å². The van der Waals surface area contributed by atoms with Crippen LogP contribution in [0.1, 0.15) is 58.6 Å². The molecule has 7 aromatic rings. The van der Waals surface area contributed by atoms with E-state index >= 15 is 0 Å². The smallest absolute Gasteiger partial charge is 0.270 e. The summed E-state index contributed by atoms with van der Waals surface area (Å²) in [7, 11) is 1.79. The minimum atomic E-state index is -0.466. The summed E-state index contributed by atoms with van der Waals surface area (Å²) in [5, 5.41) is 8.76. The normalized spacial score (nSPS) is 14.2. The molecule has 8 rings (SSSR count). The maximum absolute atomic E-state index is 12.9. The summed E-state index contributed by atoms with van der Waals surface area (Å²) in [5.74, 6) is 4.60. The van der Waals surface area contributed by atoms with Gasteiger partial charge in [-0.15, -0.1) is 0 Å². The lowest BCUT2D eigenvalue weighted by molar-refractivity contribution is -0.134. The third kappa shape index (κ3) is 6.28. The van der Waals surface area contributed by atoms with Gasteiger partial charge in [0.25, 0.3) is 11.5 Å². The van der Waals surface area contributed by atoms with E-state index in [0.29, 0.717) is 28.8 Å². The molecule has 0 spiro atoms. The number of amides is 3. The van der Waals surface area contributed by atoms with Gasteiger partial charge in [0.05, 0.1) is 35.6 Å². The van der Waals surface area contributed by atoms with Crippen LogP contribution in [0.2, 0.25) is 0 Å². The maximum Gasteiger partial charge on any atom is 0.270 e. The number of furan rings is 1. The second-order valence-electron chi connectivity index (χ2n) is 13.4. The molecule has 0 saturated carbocycles. The van der Waals surface area contributed by atoms with Crippen LogP contribution in [0.5, 0.6) is 0 Å². The highest BCUT2D eigenvalue weighted by molar-refractivity contribution is 6.04. The molecule has 54 heavy (non-hydrogen) atoms. The zero-order valence-electron chi connectivity index (χ0n) is 29.8. The minimum absolute atomic E-state index is 0.0267. The Balaban J connectivity index is 0.978. The molecule has 11 nitrogen and oxygen atoms in total. The van der Waals surface area contributed by atoms with Gasteiger partial charge in [-0.05, 0) is 73.7 Å². The van der Waals surface area contributed by atoms with E-state index in [1.54, 1.807) is 36.2 Å². The van der Waals surface area contributed by atoms with Crippen LogP contribution in [0.15, 0.2) is 94.6 Å². The average Bonchev–Trinajstić information content (AvgIpc) is 3.61. The summed E-state index contributed by atoms with van der Waals surface area (Å²) < 4.78 is 7.34. The molecule has 0 radical (unpaired) electrons. The summed E-state index contributed by atoms with van der Waals surface area (Å²) >= 11 is 0. The Kier molecular flexibility index (Phi) is 8.79. The van der Waals surface area contributed by atoms with E-state index in [4.69, 9.17) is 14.4 Å². The van der Waals surface area contributed by atoms with Gasteiger partial charge in [0.1, 0.15) is 11.3 Å². The van der Waals surface area contributed by atoms with Crippen molar-refractivity contribution in [3.05, 3.63) is 124 Å². The lowest BCUT2D eigenvalue weighted by atomic mass is 9.90. The van der Waals surface area contributed by atoms with Gasteiger partial charge >= 0.3 is 0 Å². The predicted molar refractivity (Wildman–Crippen MR) is 206 cm³/mol. The fourth-order valence-corrected chi connectivity index (χ4v) is 7.02. The number of carbonyl (C=O) groups excluding carboxylic acids is 3. The highest BCUT2D eigenvalue weighted by Gasteiger charge is 2.30. The summed E-state index contributed by atoms with van der Waals surface area (Å²) in [6.45, 7) is 3.97.